The fourth-order valence-corrected chi connectivity index (χ4v) is 8.53. The second-order valence-corrected chi connectivity index (χ2v) is 14.1. The molecule has 11 rings (SSSR count). The van der Waals surface area contributed by atoms with Crippen molar-refractivity contribution in [3.05, 3.63) is 194 Å². The number of benzene rings is 8. The first-order valence-electron chi connectivity index (χ1n) is 18.4. The maximum atomic E-state index is 7.70. The molecule has 3 heterocycles. The zero-order valence-corrected chi connectivity index (χ0v) is 29.6. The van der Waals surface area contributed by atoms with Gasteiger partial charge >= 0.3 is 0 Å². The highest BCUT2D eigenvalue weighted by Gasteiger charge is 2.19. The molecule has 0 aliphatic carbocycles. The Kier molecular flexibility index (Phi) is 6.89. The summed E-state index contributed by atoms with van der Waals surface area (Å²) in [6.07, 6.45) is 3.74. The molecular weight excluding hydrogens is 669 g/mol. The molecule has 55 heavy (non-hydrogen) atoms. The predicted molar refractivity (Wildman–Crippen MR) is 229 cm³/mol. The van der Waals surface area contributed by atoms with E-state index >= 15 is 0 Å². The van der Waals surface area contributed by atoms with Gasteiger partial charge in [0, 0.05) is 50.8 Å². The molecule has 0 aliphatic rings. The van der Waals surface area contributed by atoms with Gasteiger partial charge in [-0.1, -0.05) is 115 Å². The van der Waals surface area contributed by atoms with Crippen LogP contribution in [0.25, 0.3) is 109 Å². The quantitative estimate of drug-likeness (QED) is 0.135. The van der Waals surface area contributed by atoms with E-state index in [1.165, 1.54) is 26.9 Å². The summed E-state index contributed by atoms with van der Waals surface area (Å²) in [6.45, 7) is 7.70. The molecular formula is C51H30N4. The van der Waals surface area contributed by atoms with Gasteiger partial charge in [0.25, 0.3) is 0 Å². The number of fused-ring (bicyclic) bond motifs is 11. The molecule has 11 aromatic rings. The molecule has 0 unspecified atom stereocenters. The highest BCUT2D eigenvalue weighted by molar-refractivity contribution is 6.33. The third kappa shape index (κ3) is 4.84. The van der Waals surface area contributed by atoms with Crippen LogP contribution in [-0.4, -0.2) is 14.5 Å². The average molecular weight is 699 g/mol. The van der Waals surface area contributed by atoms with Crippen LogP contribution in [-0.2, 0) is 0 Å². The maximum Gasteiger partial charge on any atom is 0.188 e. The maximum absolute atomic E-state index is 7.70. The number of para-hydroxylation sites is 2. The van der Waals surface area contributed by atoms with Crippen LogP contribution in [0, 0.1) is 6.57 Å². The van der Waals surface area contributed by atoms with Crippen LogP contribution in [0.15, 0.2) is 182 Å². The molecule has 4 nitrogen and oxygen atoms in total. The summed E-state index contributed by atoms with van der Waals surface area (Å²) >= 11 is 0. The minimum atomic E-state index is 0.637. The van der Waals surface area contributed by atoms with E-state index in [0.29, 0.717) is 5.69 Å². The van der Waals surface area contributed by atoms with Crippen molar-refractivity contribution in [3.8, 4) is 39.2 Å². The molecule has 0 bridgehead atoms. The lowest BCUT2D eigenvalue weighted by Crippen LogP contribution is -1.93. The zero-order valence-electron chi connectivity index (χ0n) is 29.6. The van der Waals surface area contributed by atoms with E-state index in [1.54, 1.807) is 0 Å². The number of aromatic nitrogens is 3. The SMILES string of the molecule is [C-]#[N+]c1ccc2c(c1)c1cc(-c3ccc(-c4nc5ccccc5c5c6ccccc6c6cc(-c7cccnc7)ccc6c45)cc3)ccc1n2-c1ccccc1. The van der Waals surface area contributed by atoms with E-state index in [0.717, 1.165) is 77.3 Å². The minimum Gasteiger partial charge on any atom is -0.309 e. The van der Waals surface area contributed by atoms with Crippen LogP contribution in [0.3, 0.4) is 0 Å². The number of rotatable bonds is 4. The Morgan fingerprint density at radius 1 is 0.436 bits per heavy atom. The van der Waals surface area contributed by atoms with E-state index in [2.05, 4.69) is 160 Å². The number of pyridine rings is 2. The summed E-state index contributed by atoms with van der Waals surface area (Å²) in [5.74, 6) is 0. The van der Waals surface area contributed by atoms with Crippen molar-refractivity contribution < 1.29 is 0 Å². The molecule has 0 saturated carbocycles. The van der Waals surface area contributed by atoms with Crippen molar-refractivity contribution in [3.63, 3.8) is 0 Å². The van der Waals surface area contributed by atoms with Gasteiger partial charge in [-0.25, -0.2) is 9.83 Å². The lowest BCUT2D eigenvalue weighted by Gasteiger charge is -2.17. The molecule has 0 fully saturated rings. The van der Waals surface area contributed by atoms with Crippen LogP contribution in [0.2, 0.25) is 0 Å². The van der Waals surface area contributed by atoms with Crippen LogP contribution < -0.4 is 0 Å². The van der Waals surface area contributed by atoms with Crippen LogP contribution in [0.5, 0.6) is 0 Å². The van der Waals surface area contributed by atoms with Crippen molar-refractivity contribution in [2.24, 2.45) is 0 Å². The van der Waals surface area contributed by atoms with Gasteiger partial charge in [0.2, 0.25) is 0 Å². The molecule has 0 spiro atoms. The lowest BCUT2D eigenvalue weighted by molar-refractivity contribution is 1.18. The topological polar surface area (TPSA) is 35.1 Å². The summed E-state index contributed by atoms with van der Waals surface area (Å²) in [4.78, 5) is 13.6. The summed E-state index contributed by atoms with van der Waals surface area (Å²) in [5, 5.41) is 10.5. The molecule has 3 aromatic heterocycles. The lowest BCUT2D eigenvalue weighted by atomic mass is 9.88. The van der Waals surface area contributed by atoms with Crippen molar-refractivity contribution in [1.29, 1.82) is 0 Å². The fourth-order valence-electron chi connectivity index (χ4n) is 8.53. The Bertz CT molecular complexity index is 3360. The van der Waals surface area contributed by atoms with Gasteiger partial charge in [-0.3, -0.25) is 4.98 Å². The van der Waals surface area contributed by atoms with Crippen LogP contribution in [0.4, 0.5) is 5.69 Å². The number of hydrogen-bond acceptors (Lipinski definition) is 2. The highest BCUT2D eigenvalue weighted by atomic mass is 15.0. The smallest absolute Gasteiger partial charge is 0.188 e. The summed E-state index contributed by atoms with van der Waals surface area (Å²) in [5.41, 5.74) is 11.4. The second-order valence-electron chi connectivity index (χ2n) is 14.1. The van der Waals surface area contributed by atoms with E-state index < -0.39 is 0 Å². The van der Waals surface area contributed by atoms with Crippen molar-refractivity contribution >= 4 is 70.7 Å². The Labute approximate surface area is 317 Å². The third-order valence-electron chi connectivity index (χ3n) is 11.0. The van der Waals surface area contributed by atoms with Crippen molar-refractivity contribution in [2.45, 2.75) is 0 Å². The fraction of sp³-hybridized carbons (Fsp3) is 0. The van der Waals surface area contributed by atoms with Gasteiger partial charge in [-0.2, -0.15) is 0 Å². The van der Waals surface area contributed by atoms with Crippen molar-refractivity contribution in [1.82, 2.24) is 14.5 Å². The van der Waals surface area contributed by atoms with Gasteiger partial charge in [0.15, 0.2) is 5.69 Å². The Balaban J connectivity index is 1.12. The largest absolute Gasteiger partial charge is 0.309 e. The van der Waals surface area contributed by atoms with E-state index in [9.17, 15) is 0 Å². The molecule has 0 N–H and O–H groups in total. The van der Waals surface area contributed by atoms with E-state index in [1.807, 2.05) is 36.7 Å². The zero-order chi connectivity index (χ0) is 36.5. The molecule has 0 aliphatic heterocycles. The minimum absolute atomic E-state index is 0.637. The van der Waals surface area contributed by atoms with E-state index in [-0.39, 0.29) is 0 Å². The molecule has 254 valence electrons. The first-order valence-corrected chi connectivity index (χ1v) is 18.4. The first-order chi connectivity index (χ1) is 27.2. The Morgan fingerprint density at radius 2 is 1.07 bits per heavy atom. The normalized spacial score (nSPS) is 11.6. The molecule has 0 radical (unpaired) electrons. The average Bonchev–Trinajstić information content (AvgIpc) is 3.59. The molecule has 8 aromatic carbocycles. The van der Waals surface area contributed by atoms with Gasteiger partial charge in [0.1, 0.15) is 0 Å². The van der Waals surface area contributed by atoms with Crippen LogP contribution in [0.1, 0.15) is 0 Å². The van der Waals surface area contributed by atoms with Gasteiger partial charge in [-0.05, 0) is 98.2 Å². The monoisotopic (exact) mass is 698 g/mol. The number of hydrogen-bond donors (Lipinski definition) is 0. The Morgan fingerprint density at radius 3 is 1.87 bits per heavy atom. The first kappa shape index (κ1) is 31.0. The number of nitrogens with zero attached hydrogens (tertiary/aromatic N) is 4. The Hall–Kier alpha value is -7.61. The van der Waals surface area contributed by atoms with Gasteiger partial charge < -0.3 is 4.57 Å². The van der Waals surface area contributed by atoms with Gasteiger partial charge in [-0.15, -0.1) is 0 Å². The summed E-state index contributed by atoms with van der Waals surface area (Å²) < 4.78 is 2.29. The third-order valence-corrected chi connectivity index (χ3v) is 11.0. The molecule has 4 heteroatoms. The second kappa shape index (κ2) is 12.2. The summed E-state index contributed by atoms with van der Waals surface area (Å²) in [7, 11) is 0. The highest BCUT2D eigenvalue weighted by Crippen LogP contribution is 2.44. The standard InChI is InChI=1S/C51H30N4/c1-52-37-23-26-48-45(30-37)44-29-34(22-25-47(44)55(48)38-11-3-2-4-12-38)32-17-19-33(20-18-32)51-50-41-24-21-35(36-10-9-27-53-31-36)28-43(41)39-13-5-6-14-40(39)49(50)42-15-7-8-16-46(42)54-51/h2-31H. The molecule has 0 atom stereocenters. The molecule has 0 saturated heterocycles. The molecule has 0 amide bonds. The van der Waals surface area contributed by atoms with E-state index in [4.69, 9.17) is 11.6 Å². The van der Waals surface area contributed by atoms with Gasteiger partial charge in [0.05, 0.1) is 28.8 Å². The summed E-state index contributed by atoms with van der Waals surface area (Å²) in [6, 6.07) is 60.1. The predicted octanol–water partition coefficient (Wildman–Crippen LogP) is 13.7. The van der Waals surface area contributed by atoms with Crippen molar-refractivity contribution in [2.75, 3.05) is 0 Å². The van der Waals surface area contributed by atoms with Crippen LogP contribution >= 0.6 is 0 Å².